The van der Waals surface area contributed by atoms with Crippen LogP contribution in [0.25, 0.3) is 0 Å². The third kappa shape index (κ3) is 3.03. The SMILES string of the molecule is Clc1cccc(CBr)c1N(CC1CC1)CC1CC1. The van der Waals surface area contributed by atoms with Crippen molar-refractivity contribution in [2.75, 3.05) is 18.0 Å². The molecule has 0 spiro atoms. The van der Waals surface area contributed by atoms with Gasteiger partial charge < -0.3 is 4.90 Å². The Labute approximate surface area is 123 Å². The third-order valence-corrected chi connectivity index (χ3v) is 4.79. The van der Waals surface area contributed by atoms with Crippen molar-refractivity contribution in [1.82, 2.24) is 0 Å². The van der Waals surface area contributed by atoms with Crippen LogP contribution >= 0.6 is 27.5 Å². The predicted octanol–water partition coefficient (Wildman–Crippen LogP) is 4.86. The third-order valence-electron chi connectivity index (χ3n) is 3.88. The maximum Gasteiger partial charge on any atom is 0.0642 e. The van der Waals surface area contributed by atoms with Crippen LogP contribution in [0.15, 0.2) is 18.2 Å². The van der Waals surface area contributed by atoms with E-state index in [1.807, 2.05) is 6.07 Å². The molecule has 1 aromatic rings. The molecular formula is C15H19BrClN. The molecule has 1 nitrogen and oxygen atoms in total. The Morgan fingerprint density at radius 2 is 1.72 bits per heavy atom. The fraction of sp³-hybridized carbons (Fsp3) is 0.600. The van der Waals surface area contributed by atoms with Crippen molar-refractivity contribution in [3.63, 3.8) is 0 Å². The number of alkyl halides is 1. The van der Waals surface area contributed by atoms with E-state index in [1.54, 1.807) is 0 Å². The van der Waals surface area contributed by atoms with E-state index in [0.29, 0.717) is 0 Å². The van der Waals surface area contributed by atoms with Gasteiger partial charge in [0.2, 0.25) is 0 Å². The van der Waals surface area contributed by atoms with E-state index in [1.165, 1.54) is 50.0 Å². The molecule has 0 saturated heterocycles. The summed E-state index contributed by atoms with van der Waals surface area (Å²) in [5, 5.41) is 1.79. The van der Waals surface area contributed by atoms with Crippen molar-refractivity contribution in [2.24, 2.45) is 11.8 Å². The van der Waals surface area contributed by atoms with Gasteiger partial charge in [0.1, 0.15) is 0 Å². The second kappa shape index (κ2) is 5.42. The Kier molecular flexibility index (Phi) is 3.86. The molecule has 3 heteroatoms. The molecule has 0 heterocycles. The molecule has 2 fully saturated rings. The molecule has 18 heavy (non-hydrogen) atoms. The second-order valence-electron chi connectivity index (χ2n) is 5.67. The van der Waals surface area contributed by atoms with E-state index in [-0.39, 0.29) is 0 Å². The highest BCUT2D eigenvalue weighted by Crippen LogP contribution is 2.39. The Bertz CT molecular complexity index is 413. The summed E-state index contributed by atoms with van der Waals surface area (Å²) in [6.07, 6.45) is 5.59. The number of halogens is 2. The number of nitrogens with zero attached hydrogens (tertiary/aromatic N) is 1. The first-order chi connectivity index (χ1) is 8.78. The quantitative estimate of drug-likeness (QED) is 0.674. The maximum absolute atomic E-state index is 6.45. The predicted molar refractivity (Wildman–Crippen MR) is 81.7 cm³/mol. The van der Waals surface area contributed by atoms with E-state index in [2.05, 4.69) is 33.0 Å². The summed E-state index contributed by atoms with van der Waals surface area (Å²) >= 11 is 10.0. The standard InChI is InChI=1S/C15H19BrClN/c16-8-13-2-1-3-14(17)15(13)18(9-11-4-5-11)10-12-6-7-12/h1-3,11-12H,4-10H2. The van der Waals surface area contributed by atoms with Crippen molar-refractivity contribution in [1.29, 1.82) is 0 Å². The van der Waals surface area contributed by atoms with Crippen molar-refractivity contribution < 1.29 is 0 Å². The van der Waals surface area contributed by atoms with Crippen molar-refractivity contribution in [2.45, 2.75) is 31.0 Å². The van der Waals surface area contributed by atoms with Gasteiger partial charge in [-0.15, -0.1) is 0 Å². The largest absolute Gasteiger partial charge is 0.370 e. The minimum atomic E-state index is 0.884. The van der Waals surface area contributed by atoms with E-state index < -0.39 is 0 Å². The van der Waals surface area contributed by atoms with E-state index in [0.717, 1.165) is 22.2 Å². The smallest absolute Gasteiger partial charge is 0.0642 e. The molecule has 3 rings (SSSR count). The van der Waals surface area contributed by atoms with E-state index in [4.69, 9.17) is 11.6 Å². The van der Waals surface area contributed by atoms with Gasteiger partial charge in [-0.2, -0.15) is 0 Å². The Balaban J connectivity index is 1.86. The minimum absolute atomic E-state index is 0.884. The molecule has 2 aliphatic rings. The molecule has 2 aliphatic carbocycles. The Hall–Kier alpha value is -0.210. The number of rotatable bonds is 6. The molecule has 0 unspecified atom stereocenters. The van der Waals surface area contributed by atoms with Gasteiger partial charge in [-0.05, 0) is 49.1 Å². The topological polar surface area (TPSA) is 3.24 Å². The first-order valence-corrected chi connectivity index (χ1v) is 8.36. The minimum Gasteiger partial charge on any atom is -0.370 e. The highest BCUT2D eigenvalue weighted by atomic mass is 79.9. The number of para-hydroxylation sites is 1. The summed E-state index contributed by atoms with van der Waals surface area (Å²) in [5.74, 6) is 1.81. The molecule has 0 radical (unpaired) electrons. The zero-order valence-corrected chi connectivity index (χ0v) is 12.9. The summed E-state index contributed by atoms with van der Waals surface area (Å²) in [6.45, 7) is 2.39. The van der Waals surface area contributed by atoms with E-state index in [9.17, 15) is 0 Å². The normalized spacial score (nSPS) is 19.0. The summed E-state index contributed by atoms with van der Waals surface area (Å²) in [7, 11) is 0. The Morgan fingerprint density at radius 1 is 1.11 bits per heavy atom. The van der Waals surface area contributed by atoms with Crippen molar-refractivity contribution in [3.05, 3.63) is 28.8 Å². The zero-order valence-electron chi connectivity index (χ0n) is 10.5. The van der Waals surface area contributed by atoms with Gasteiger partial charge in [-0.1, -0.05) is 39.7 Å². The molecule has 0 atom stereocenters. The van der Waals surface area contributed by atoms with Gasteiger partial charge in [0, 0.05) is 18.4 Å². The van der Waals surface area contributed by atoms with Crippen LogP contribution in [-0.2, 0) is 5.33 Å². The van der Waals surface area contributed by atoms with Crippen LogP contribution in [0, 0.1) is 11.8 Å². The molecular weight excluding hydrogens is 310 g/mol. The van der Waals surface area contributed by atoms with Crippen LogP contribution < -0.4 is 4.90 Å². The lowest BCUT2D eigenvalue weighted by Gasteiger charge is -2.28. The zero-order chi connectivity index (χ0) is 12.5. The van der Waals surface area contributed by atoms with Crippen LogP contribution in [0.2, 0.25) is 5.02 Å². The van der Waals surface area contributed by atoms with Gasteiger partial charge >= 0.3 is 0 Å². The van der Waals surface area contributed by atoms with Gasteiger partial charge in [0.05, 0.1) is 10.7 Å². The molecule has 0 N–H and O–H groups in total. The highest BCUT2D eigenvalue weighted by molar-refractivity contribution is 9.08. The number of benzene rings is 1. The first-order valence-electron chi connectivity index (χ1n) is 6.86. The fourth-order valence-corrected chi connectivity index (χ4v) is 3.27. The van der Waals surface area contributed by atoms with Crippen LogP contribution in [-0.4, -0.2) is 13.1 Å². The highest BCUT2D eigenvalue weighted by Gasteiger charge is 2.30. The molecule has 98 valence electrons. The summed E-state index contributed by atoms with van der Waals surface area (Å²) < 4.78 is 0. The lowest BCUT2D eigenvalue weighted by molar-refractivity contribution is 0.678. The van der Waals surface area contributed by atoms with Gasteiger partial charge in [0.25, 0.3) is 0 Å². The summed E-state index contributed by atoms with van der Waals surface area (Å²) in [4.78, 5) is 2.55. The fourth-order valence-electron chi connectivity index (χ4n) is 2.50. The van der Waals surface area contributed by atoms with Crippen LogP contribution in [0.4, 0.5) is 5.69 Å². The summed E-state index contributed by atoms with van der Waals surface area (Å²) in [5.41, 5.74) is 2.60. The average Bonchev–Trinajstić information content (AvgIpc) is 3.23. The van der Waals surface area contributed by atoms with Gasteiger partial charge in [0.15, 0.2) is 0 Å². The maximum atomic E-state index is 6.45. The van der Waals surface area contributed by atoms with Crippen LogP contribution in [0.5, 0.6) is 0 Å². The monoisotopic (exact) mass is 327 g/mol. The van der Waals surface area contributed by atoms with Crippen molar-refractivity contribution in [3.8, 4) is 0 Å². The van der Waals surface area contributed by atoms with Crippen LogP contribution in [0.1, 0.15) is 31.2 Å². The lowest BCUT2D eigenvalue weighted by Crippen LogP contribution is -2.29. The van der Waals surface area contributed by atoms with Crippen LogP contribution in [0.3, 0.4) is 0 Å². The second-order valence-corrected chi connectivity index (χ2v) is 6.64. The molecule has 1 aromatic carbocycles. The number of anilines is 1. The average molecular weight is 329 g/mol. The van der Waals surface area contributed by atoms with Gasteiger partial charge in [-0.3, -0.25) is 0 Å². The molecule has 2 saturated carbocycles. The lowest BCUT2D eigenvalue weighted by atomic mass is 10.1. The first kappa shape index (κ1) is 12.8. The molecule has 0 amide bonds. The molecule has 0 bridgehead atoms. The Morgan fingerprint density at radius 3 is 2.22 bits per heavy atom. The number of hydrogen-bond donors (Lipinski definition) is 0. The number of hydrogen-bond acceptors (Lipinski definition) is 1. The summed E-state index contributed by atoms with van der Waals surface area (Å²) in [6, 6.07) is 6.26. The van der Waals surface area contributed by atoms with Crippen molar-refractivity contribution >= 4 is 33.2 Å². The van der Waals surface area contributed by atoms with E-state index >= 15 is 0 Å². The molecule has 0 aliphatic heterocycles. The molecule has 0 aromatic heterocycles. The van der Waals surface area contributed by atoms with Gasteiger partial charge in [-0.25, -0.2) is 0 Å².